The van der Waals surface area contributed by atoms with Gasteiger partial charge in [0.05, 0.1) is 18.3 Å². The van der Waals surface area contributed by atoms with Crippen molar-refractivity contribution in [1.82, 2.24) is 0 Å². The van der Waals surface area contributed by atoms with Gasteiger partial charge in [0, 0.05) is 6.42 Å². The van der Waals surface area contributed by atoms with E-state index < -0.39 is 0 Å². The molecule has 0 saturated carbocycles. The molecule has 12 heavy (non-hydrogen) atoms. The van der Waals surface area contributed by atoms with Crippen LogP contribution in [0.1, 0.15) is 34.1 Å². The zero-order valence-electron chi connectivity index (χ0n) is 8.22. The predicted octanol–water partition coefficient (Wildman–Crippen LogP) is 1.66. The molecular weight excluding hydrogens is 156 g/mol. The van der Waals surface area contributed by atoms with Crippen LogP contribution in [0, 0.1) is 0 Å². The van der Waals surface area contributed by atoms with E-state index in [0.717, 1.165) is 0 Å². The van der Waals surface area contributed by atoms with Gasteiger partial charge in [-0.05, 0) is 27.7 Å². The summed E-state index contributed by atoms with van der Waals surface area (Å²) in [5, 5.41) is 0. The summed E-state index contributed by atoms with van der Waals surface area (Å²) in [6.07, 6.45) is 0.824. The van der Waals surface area contributed by atoms with Crippen molar-refractivity contribution in [2.75, 3.05) is 6.61 Å². The van der Waals surface area contributed by atoms with Crippen molar-refractivity contribution in [2.24, 2.45) is 0 Å². The molecule has 71 valence electrons. The van der Waals surface area contributed by atoms with Gasteiger partial charge >= 0.3 is 6.47 Å². The Hall–Kier alpha value is -0.570. The van der Waals surface area contributed by atoms with Gasteiger partial charge in [0.15, 0.2) is 0 Å². The van der Waals surface area contributed by atoms with E-state index in [4.69, 9.17) is 4.74 Å². The van der Waals surface area contributed by atoms with E-state index in [1.54, 1.807) is 0 Å². The van der Waals surface area contributed by atoms with Crippen molar-refractivity contribution in [1.29, 1.82) is 0 Å². The summed E-state index contributed by atoms with van der Waals surface area (Å²) in [7, 11) is 0. The lowest BCUT2D eigenvalue weighted by atomic mass is 10.1. The lowest BCUT2D eigenvalue weighted by Crippen LogP contribution is -2.26. The fourth-order valence-electron chi connectivity index (χ4n) is 0.929. The van der Waals surface area contributed by atoms with E-state index in [9.17, 15) is 4.79 Å². The Kier molecular flexibility index (Phi) is 4.90. The van der Waals surface area contributed by atoms with Crippen molar-refractivity contribution in [3.63, 3.8) is 0 Å². The van der Waals surface area contributed by atoms with Crippen molar-refractivity contribution in [2.45, 2.75) is 45.8 Å². The first-order chi connectivity index (χ1) is 5.45. The number of hydrogen-bond acceptors (Lipinski definition) is 3. The molecule has 1 atom stereocenters. The van der Waals surface area contributed by atoms with Gasteiger partial charge in [0.25, 0.3) is 0 Å². The van der Waals surface area contributed by atoms with E-state index in [-0.39, 0.29) is 11.7 Å². The fraction of sp³-hybridized carbons (Fsp3) is 0.889. The van der Waals surface area contributed by atoms with Crippen LogP contribution < -0.4 is 0 Å². The molecule has 0 spiro atoms. The van der Waals surface area contributed by atoms with Crippen LogP contribution in [0.25, 0.3) is 0 Å². The van der Waals surface area contributed by atoms with Crippen molar-refractivity contribution < 1.29 is 14.3 Å². The van der Waals surface area contributed by atoms with Crippen LogP contribution in [0.3, 0.4) is 0 Å². The first-order valence-electron chi connectivity index (χ1n) is 4.12. The topological polar surface area (TPSA) is 35.5 Å². The molecule has 0 aromatic rings. The van der Waals surface area contributed by atoms with Gasteiger partial charge in [-0.3, -0.25) is 0 Å². The van der Waals surface area contributed by atoms with Crippen molar-refractivity contribution in [3.8, 4) is 0 Å². The molecule has 3 heteroatoms. The highest BCUT2D eigenvalue weighted by Gasteiger charge is 2.14. The van der Waals surface area contributed by atoms with Gasteiger partial charge in [-0.2, -0.15) is 0 Å². The Morgan fingerprint density at radius 1 is 1.42 bits per heavy atom. The second kappa shape index (κ2) is 5.14. The molecule has 0 aliphatic rings. The number of hydrogen-bond donors (Lipinski definition) is 0. The van der Waals surface area contributed by atoms with Crippen LogP contribution >= 0.6 is 0 Å². The third kappa shape index (κ3) is 7.54. The largest absolute Gasteiger partial charge is 0.457 e. The summed E-state index contributed by atoms with van der Waals surface area (Å²) in [5.41, 5.74) is -0.135. The maximum Gasteiger partial charge on any atom is 0.417 e. The van der Waals surface area contributed by atoms with E-state index in [2.05, 4.69) is 4.74 Å². The molecule has 0 bridgehead atoms. The zero-order valence-corrected chi connectivity index (χ0v) is 8.22. The molecule has 0 heterocycles. The van der Waals surface area contributed by atoms with Gasteiger partial charge in [-0.1, -0.05) is 0 Å². The second-order valence-electron chi connectivity index (χ2n) is 3.76. The van der Waals surface area contributed by atoms with Gasteiger partial charge in [-0.25, -0.2) is 4.79 Å². The van der Waals surface area contributed by atoms with Crippen LogP contribution in [-0.4, -0.2) is 24.8 Å². The summed E-state index contributed by atoms with van der Waals surface area (Å²) in [5.74, 6) is 0. The van der Waals surface area contributed by atoms with E-state index in [0.29, 0.717) is 13.0 Å². The molecule has 0 aliphatic heterocycles. The maximum absolute atomic E-state index is 9.68. The SMILES string of the molecule is CC(CCO[C]=O)OC(C)(C)C. The molecule has 1 unspecified atom stereocenters. The number of ether oxygens (including phenoxy) is 2. The monoisotopic (exact) mass is 173 g/mol. The Balaban J connectivity index is 3.46. The highest BCUT2D eigenvalue weighted by Crippen LogP contribution is 2.12. The van der Waals surface area contributed by atoms with Gasteiger partial charge in [0.1, 0.15) is 0 Å². The maximum atomic E-state index is 9.68. The normalized spacial score (nSPS) is 14.0. The zero-order chi connectivity index (χ0) is 9.61. The molecule has 1 radical (unpaired) electrons. The van der Waals surface area contributed by atoms with Gasteiger partial charge in [0.2, 0.25) is 0 Å². The van der Waals surface area contributed by atoms with Crippen molar-refractivity contribution in [3.05, 3.63) is 0 Å². The van der Waals surface area contributed by atoms with E-state index in [1.807, 2.05) is 27.7 Å². The molecule has 3 nitrogen and oxygen atoms in total. The van der Waals surface area contributed by atoms with Crippen molar-refractivity contribution >= 4 is 6.47 Å². The Morgan fingerprint density at radius 2 is 2.00 bits per heavy atom. The van der Waals surface area contributed by atoms with Crippen LogP contribution in [0.2, 0.25) is 0 Å². The van der Waals surface area contributed by atoms with Crippen LogP contribution in [0.15, 0.2) is 0 Å². The summed E-state index contributed by atoms with van der Waals surface area (Å²) in [6.45, 7) is 9.70. The highest BCUT2D eigenvalue weighted by molar-refractivity contribution is 5.38. The summed E-state index contributed by atoms with van der Waals surface area (Å²) < 4.78 is 10.0. The number of carbonyl (C=O) groups excluding carboxylic acids is 1. The molecule has 0 N–H and O–H groups in total. The van der Waals surface area contributed by atoms with E-state index >= 15 is 0 Å². The third-order valence-electron chi connectivity index (χ3n) is 1.24. The summed E-state index contributed by atoms with van der Waals surface area (Å²) >= 11 is 0. The van der Waals surface area contributed by atoms with Crippen LogP contribution in [0.5, 0.6) is 0 Å². The molecule has 0 aromatic carbocycles. The Morgan fingerprint density at radius 3 is 2.42 bits per heavy atom. The van der Waals surface area contributed by atoms with Crippen LogP contribution in [-0.2, 0) is 14.3 Å². The predicted molar refractivity (Wildman–Crippen MR) is 46.6 cm³/mol. The first-order valence-corrected chi connectivity index (χ1v) is 4.12. The molecule has 0 fully saturated rings. The molecule has 0 aromatic heterocycles. The minimum Gasteiger partial charge on any atom is -0.457 e. The highest BCUT2D eigenvalue weighted by atomic mass is 16.5. The first kappa shape index (κ1) is 11.4. The molecular formula is C9H17O3. The van der Waals surface area contributed by atoms with Crippen LogP contribution in [0.4, 0.5) is 0 Å². The number of rotatable bonds is 5. The average molecular weight is 173 g/mol. The van der Waals surface area contributed by atoms with Gasteiger partial charge < -0.3 is 9.47 Å². The smallest absolute Gasteiger partial charge is 0.417 e. The summed E-state index contributed by atoms with van der Waals surface area (Å²) in [4.78, 5) is 9.68. The average Bonchev–Trinajstić information content (AvgIpc) is 1.84. The second-order valence-corrected chi connectivity index (χ2v) is 3.76. The lowest BCUT2D eigenvalue weighted by molar-refractivity contribution is -0.0582. The molecule has 0 rings (SSSR count). The standard InChI is InChI=1S/C9H17O3/c1-8(5-6-11-7-10)12-9(2,3)4/h8H,5-6H2,1-4H3. The molecule has 0 amide bonds. The minimum atomic E-state index is -0.135. The van der Waals surface area contributed by atoms with E-state index in [1.165, 1.54) is 6.47 Å². The molecule has 0 saturated heterocycles. The Bertz CT molecular complexity index is 126. The lowest BCUT2D eigenvalue weighted by Gasteiger charge is -2.24. The Labute approximate surface area is 74.0 Å². The third-order valence-corrected chi connectivity index (χ3v) is 1.24. The summed E-state index contributed by atoms with van der Waals surface area (Å²) in [6, 6.07) is 0. The molecule has 0 aliphatic carbocycles. The van der Waals surface area contributed by atoms with Gasteiger partial charge in [-0.15, -0.1) is 0 Å². The minimum absolute atomic E-state index is 0.110. The fourth-order valence-corrected chi connectivity index (χ4v) is 0.929. The quantitative estimate of drug-likeness (QED) is 0.593.